The minimum absolute atomic E-state index is 0.869. The van der Waals surface area contributed by atoms with E-state index in [0.29, 0.717) is 0 Å². The normalized spacial score (nSPS) is 11.3. The summed E-state index contributed by atoms with van der Waals surface area (Å²) < 4.78 is 2.23. The van der Waals surface area contributed by atoms with Gasteiger partial charge in [0.25, 0.3) is 0 Å². The van der Waals surface area contributed by atoms with Crippen molar-refractivity contribution in [3.05, 3.63) is 18.2 Å². The molecule has 0 saturated carbocycles. The van der Waals surface area contributed by atoms with Crippen molar-refractivity contribution < 1.29 is 0 Å². The van der Waals surface area contributed by atoms with E-state index < -0.39 is 0 Å². The Hall–Kier alpha value is -0.870. The van der Waals surface area contributed by atoms with Crippen molar-refractivity contribution in [1.82, 2.24) is 19.8 Å². The van der Waals surface area contributed by atoms with Crippen LogP contribution in [0.2, 0.25) is 0 Å². The lowest BCUT2D eigenvalue weighted by Gasteiger charge is -2.18. The highest BCUT2D eigenvalue weighted by Gasteiger charge is 2.02. The summed E-state index contributed by atoms with van der Waals surface area (Å²) in [5, 5.41) is 3.46. The first-order valence-corrected chi connectivity index (χ1v) is 6.74. The average Bonchev–Trinajstić information content (AvgIpc) is 2.78. The highest BCUT2D eigenvalue weighted by atomic mass is 15.1. The average molecular weight is 238 g/mol. The number of hydrogen-bond acceptors (Lipinski definition) is 3. The molecule has 1 aromatic rings. The van der Waals surface area contributed by atoms with Crippen molar-refractivity contribution in [2.45, 2.75) is 40.3 Å². The summed E-state index contributed by atoms with van der Waals surface area (Å²) in [5.41, 5.74) is 0. The third kappa shape index (κ3) is 4.88. The first-order chi connectivity index (χ1) is 8.31. The predicted octanol–water partition coefficient (Wildman–Crippen LogP) is 1.72. The quantitative estimate of drug-likeness (QED) is 0.665. The number of hydrogen-bond donors (Lipinski definition) is 1. The summed E-state index contributed by atoms with van der Waals surface area (Å²) >= 11 is 0. The van der Waals surface area contributed by atoms with Crippen LogP contribution in [0.25, 0.3) is 0 Å². The van der Waals surface area contributed by atoms with Crippen molar-refractivity contribution in [1.29, 1.82) is 0 Å². The molecule has 4 nitrogen and oxygen atoms in total. The van der Waals surface area contributed by atoms with Crippen LogP contribution in [0, 0.1) is 0 Å². The highest BCUT2D eigenvalue weighted by Crippen LogP contribution is 1.98. The largest absolute Gasteiger partial charge is 0.334 e. The van der Waals surface area contributed by atoms with Crippen LogP contribution in [0.5, 0.6) is 0 Å². The van der Waals surface area contributed by atoms with Gasteiger partial charge in [0, 0.05) is 32.0 Å². The van der Waals surface area contributed by atoms with E-state index in [9.17, 15) is 0 Å². The van der Waals surface area contributed by atoms with Gasteiger partial charge in [0.15, 0.2) is 0 Å². The summed E-state index contributed by atoms with van der Waals surface area (Å²) in [4.78, 5) is 6.80. The van der Waals surface area contributed by atoms with Gasteiger partial charge in [-0.3, -0.25) is 0 Å². The van der Waals surface area contributed by atoms with Crippen LogP contribution in [-0.2, 0) is 13.1 Å². The lowest BCUT2D eigenvalue weighted by molar-refractivity contribution is 0.301. The van der Waals surface area contributed by atoms with Crippen LogP contribution < -0.4 is 5.32 Å². The molecule has 0 aliphatic heterocycles. The molecule has 0 amide bonds. The molecule has 0 aliphatic carbocycles. The van der Waals surface area contributed by atoms with Gasteiger partial charge in [-0.15, -0.1) is 0 Å². The molecule has 0 spiro atoms. The molecule has 0 bridgehead atoms. The fourth-order valence-corrected chi connectivity index (χ4v) is 1.93. The number of aryl methyl sites for hydroxylation is 1. The number of rotatable bonds is 9. The maximum absolute atomic E-state index is 4.38. The standard InChI is InChI=1S/C13H26N4/c1-4-9-17-11-8-15-13(17)12-14-7-10-16(5-2)6-3/h8,11,14H,4-7,9-10,12H2,1-3H3. The molecule has 0 atom stereocenters. The van der Waals surface area contributed by atoms with E-state index in [1.54, 1.807) is 0 Å². The van der Waals surface area contributed by atoms with Gasteiger partial charge in [0.1, 0.15) is 5.82 Å². The Morgan fingerprint density at radius 3 is 2.71 bits per heavy atom. The summed E-state index contributed by atoms with van der Waals surface area (Å²) in [5.74, 6) is 1.14. The van der Waals surface area contributed by atoms with E-state index in [0.717, 1.165) is 51.5 Å². The van der Waals surface area contributed by atoms with Crippen molar-refractivity contribution in [2.75, 3.05) is 26.2 Å². The van der Waals surface area contributed by atoms with Gasteiger partial charge in [0.2, 0.25) is 0 Å². The van der Waals surface area contributed by atoms with Crippen molar-refractivity contribution >= 4 is 0 Å². The molecule has 0 saturated heterocycles. The Balaban J connectivity index is 2.23. The van der Waals surface area contributed by atoms with E-state index in [-0.39, 0.29) is 0 Å². The number of likely N-dealkylation sites (N-methyl/N-ethyl adjacent to an activating group) is 1. The molecular formula is C13H26N4. The van der Waals surface area contributed by atoms with Crippen molar-refractivity contribution in [3.8, 4) is 0 Å². The van der Waals surface area contributed by atoms with Crippen LogP contribution in [0.15, 0.2) is 12.4 Å². The molecule has 17 heavy (non-hydrogen) atoms. The molecule has 0 radical (unpaired) electrons. The van der Waals surface area contributed by atoms with Crippen LogP contribution >= 0.6 is 0 Å². The maximum Gasteiger partial charge on any atom is 0.122 e. The Bertz CT molecular complexity index is 291. The van der Waals surface area contributed by atoms with E-state index in [1.165, 1.54) is 0 Å². The summed E-state index contributed by atoms with van der Waals surface area (Å²) in [7, 11) is 0. The monoisotopic (exact) mass is 238 g/mol. The molecule has 4 heteroatoms. The highest BCUT2D eigenvalue weighted by molar-refractivity contribution is 4.91. The summed E-state index contributed by atoms with van der Waals surface area (Å²) in [6.45, 7) is 12.9. The molecular weight excluding hydrogens is 212 g/mol. The molecule has 0 aromatic carbocycles. The second-order valence-electron chi connectivity index (χ2n) is 4.24. The second-order valence-corrected chi connectivity index (χ2v) is 4.24. The Morgan fingerprint density at radius 1 is 1.29 bits per heavy atom. The topological polar surface area (TPSA) is 33.1 Å². The van der Waals surface area contributed by atoms with Gasteiger partial charge in [-0.1, -0.05) is 20.8 Å². The number of nitrogens with zero attached hydrogens (tertiary/aromatic N) is 3. The smallest absolute Gasteiger partial charge is 0.122 e. The third-order valence-electron chi connectivity index (χ3n) is 3.05. The minimum atomic E-state index is 0.869. The fourth-order valence-electron chi connectivity index (χ4n) is 1.93. The predicted molar refractivity (Wildman–Crippen MR) is 72.0 cm³/mol. The van der Waals surface area contributed by atoms with Gasteiger partial charge in [0.05, 0.1) is 6.54 Å². The zero-order valence-corrected chi connectivity index (χ0v) is 11.4. The molecule has 1 heterocycles. The molecule has 0 unspecified atom stereocenters. The first kappa shape index (κ1) is 14.2. The molecule has 1 aromatic heterocycles. The van der Waals surface area contributed by atoms with Crippen LogP contribution in [0.4, 0.5) is 0 Å². The zero-order chi connectivity index (χ0) is 12.5. The van der Waals surface area contributed by atoms with Gasteiger partial charge in [-0.2, -0.15) is 0 Å². The number of nitrogens with one attached hydrogen (secondary N) is 1. The minimum Gasteiger partial charge on any atom is -0.334 e. The molecule has 98 valence electrons. The van der Waals surface area contributed by atoms with Gasteiger partial charge >= 0.3 is 0 Å². The van der Waals surface area contributed by atoms with Crippen LogP contribution in [-0.4, -0.2) is 40.6 Å². The number of imidazole rings is 1. The Morgan fingerprint density at radius 2 is 2.06 bits per heavy atom. The molecule has 0 aliphatic rings. The lowest BCUT2D eigenvalue weighted by atomic mass is 10.4. The summed E-state index contributed by atoms with van der Waals surface area (Å²) in [6, 6.07) is 0. The summed E-state index contributed by atoms with van der Waals surface area (Å²) in [6.07, 6.45) is 5.10. The van der Waals surface area contributed by atoms with Crippen molar-refractivity contribution in [2.24, 2.45) is 0 Å². The first-order valence-electron chi connectivity index (χ1n) is 6.74. The third-order valence-corrected chi connectivity index (χ3v) is 3.05. The zero-order valence-electron chi connectivity index (χ0n) is 11.4. The second kappa shape index (κ2) is 8.25. The maximum atomic E-state index is 4.38. The van der Waals surface area contributed by atoms with Crippen LogP contribution in [0.3, 0.4) is 0 Å². The Labute approximate surface area is 105 Å². The van der Waals surface area contributed by atoms with E-state index in [4.69, 9.17) is 0 Å². The van der Waals surface area contributed by atoms with Crippen LogP contribution in [0.1, 0.15) is 33.0 Å². The molecule has 1 rings (SSSR count). The van der Waals surface area contributed by atoms with E-state index >= 15 is 0 Å². The van der Waals surface area contributed by atoms with E-state index in [1.807, 2.05) is 6.20 Å². The van der Waals surface area contributed by atoms with E-state index in [2.05, 4.69) is 46.7 Å². The fraction of sp³-hybridized carbons (Fsp3) is 0.769. The van der Waals surface area contributed by atoms with Crippen molar-refractivity contribution in [3.63, 3.8) is 0 Å². The number of aromatic nitrogens is 2. The SMILES string of the molecule is CCCn1ccnc1CNCCN(CC)CC. The van der Waals surface area contributed by atoms with Gasteiger partial charge < -0.3 is 14.8 Å². The van der Waals surface area contributed by atoms with Gasteiger partial charge in [-0.25, -0.2) is 4.98 Å². The Kier molecular flexibility index (Phi) is 6.89. The molecule has 1 N–H and O–H groups in total. The van der Waals surface area contributed by atoms with Gasteiger partial charge in [-0.05, 0) is 19.5 Å². The lowest BCUT2D eigenvalue weighted by Crippen LogP contribution is -2.32. The molecule has 0 fully saturated rings.